The zero-order valence-electron chi connectivity index (χ0n) is 9.19. The Morgan fingerprint density at radius 1 is 1.53 bits per heavy atom. The first-order chi connectivity index (χ1) is 7.10. The summed E-state index contributed by atoms with van der Waals surface area (Å²) in [5, 5.41) is 0. The molecule has 0 saturated carbocycles. The molecule has 0 radical (unpaired) electrons. The van der Waals surface area contributed by atoms with Crippen LogP contribution in [0.2, 0.25) is 0 Å². The predicted molar refractivity (Wildman–Crippen MR) is 57.9 cm³/mol. The molecule has 2 nitrogen and oxygen atoms in total. The summed E-state index contributed by atoms with van der Waals surface area (Å²) in [5.74, 6) is 0.253. The van der Waals surface area contributed by atoms with Crippen LogP contribution in [0, 0.1) is 5.92 Å². The van der Waals surface area contributed by atoms with Crippen LogP contribution in [0.5, 0.6) is 0 Å². The van der Waals surface area contributed by atoms with Crippen molar-refractivity contribution in [2.75, 3.05) is 0 Å². The molecule has 0 bridgehead atoms. The minimum atomic E-state index is 0.253. The first-order valence-electron chi connectivity index (χ1n) is 5.04. The third-order valence-electron chi connectivity index (χ3n) is 2.16. The second-order valence-electron chi connectivity index (χ2n) is 3.68. The number of pyridine rings is 1. The number of aryl methyl sites for hydroxylation is 1. The van der Waals surface area contributed by atoms with E-state index in [0.717, 1.165) is 22.9 Å². The van der Waals surface area contributed by atoms with Gasteiger partial charge in [-0.25, -0.2) is 0 Å². The molecule has 0 fully saturated rings. The summed E-state index contributed by atoms with van der Waals surface area (Å²) < 4.78 is 0.799. The molecule has 0 saturated heterocycles. The van der Waals surface area contributed by atoms with Gasteiger partial charge < -0.3 is 0 Å². The summed E-state index contributed by atoms with van der Waals surface area (Å²) in [6, 6.07) is 3.68. The topological polar surface area (TPSA) is 30.0 Å². The van der Waals surface area contributed by atoms with E-state index in [1.54, 1.807) is 6.07 Å². The van der Waals surface area contributed by atoms with E-state index in [-0.39, 0.29) is 5.92 Å². The molecule has 84 valence electrons. The summed E-state index contributed by atoms with van der Waals surface area (Å²) in [6.45, 7) is 6.08. The van der Waals surface area contributed by atoms with Gasteiger partial charge >= 0.3 is 97.8 Å². The third-order valence-corrected chi connectivity index (χ3v) is 2.96. The Balaban J connectivity index is 3.23. The Labute approximate surface area is 98.0 Å². The monoisotopic (exact) mass is 247 g/mol. The van der Waals surface area contributed by atoms with Crippen LogP contribution >= 0.6 is 0 Å². The Morgan fingerprint density at radius 3 is 2.67 bits per heavy atom. The zero-order chi connectivity index (χ0) is 11.4. The van der Waals surface area contributed by atoms with Gasteiger partial charge in [0, 0.05) is 0 Å². The molecule has 0 aliphatic rings. The van der Waals surface area contributed by atoms with Crippen molar-refractivity contribution in [2.45, 2.75) is 27.2 Å². The van der Waals surface area contributed by atoms with Crippen LogP contribution < -0.4 is 0 Å². The van der Waals surface area contributed by atoms with Crippen molar-refractivity contribution in [1.29, 1.82) is 0 Å². The van der Waals surface area contributed by atoms with E-state index in [0.29, 0.717) is 11.3 Å². The first kappa shape index (κ1) is 12.3. The fraction of sp³-hybridized carbons (Fsp3) is 0.417. The molecule has 0 atom stereocenters. The van der Waals surface area contributed by atoms with Gasteiger partial charge in [-0.15, -0.1) is 0 Å². The van der Waals surface area contributed by atoms with Crippen molar-refractivity contribution < 1.29 is 19.8 Å². The molecule has 0 spiro atoms. The number of hydrogen-bond acceptors (Lipinski definition) is 2. The van der Waals surface area contributed by atoms with E-state index in [1.807, 2.05) is 26.8 Å². The van der Waals surface area contributed by atoms with E-state index in [2.05, 4.69) is 4.98 Å². The number of hydrogen-bond donors (Lipinski definition) is 0. The number of rotatable bonds is 4. The fourth-order valence-corrected chi connectivity index (χ4v) is 1.45. The summed E-state index contributed by atoms with van der Waals surface area (Å²) in [4.78, 5) is 15.3. The molecule has 0 aromatic carbocycles. The second kappa shape index (κ2) is 5.32. The van der Waals surface area contributed by atoms with E-state index < -0.39 is 0 Å². The Hall–Kier alpha value is -0.816. The Morgan fingerprint density at radius 2 is 2.20 bits per heavy atom. The first-order valence-corrected chi connectivity index (χ1v) is 5.54. The average Bonchev–Trinajstić information content (AvgIpc) is 2.27. The van der Waals surface area contributed by atoms with Gasteiger partial charge in [0.1, 0.15) is 0 Å². The maximum absolute atomic E-state index is 10.9. The van der Waals surface area contributed by atoms with Gasteiger partial charge in [-0.3, -0.25) is 0 Å². The normalized spacial score (nSPS) is 10.5. The molecule has 15 heavy (non-hydrogen) atoms. The van der Waals surface area contributed by atoms with Crippen LogP contribution in [0.1, 0.15) is 42.5 Å². The maximum atomic E-state index is 10.9. The summed E-state index contributed by atoms with van der Waals surface area (Å²) in [6.07, 6.45) is 1.68. The SMILES string of the molecule is CCc1ccc(C=O)c([C](=[Ni])C(C)C)n1. The van der Waals surface area contributed by atoms with Crippen LogP contribution in [0.3, 0.4) is 0 Å². The third kappa shape index (κ3) is 2.82. The second-order valence-corrected chi connectivity index (χ2v) is 4.21. The van der Waals surface area contributed by atoms with Crippen molar-refractivity contribution in [3.63, 3.8) is 0 Å². The van der Waals surface area contributed by atoms with Crippen LogP contribution in [0.15, 0.2) is 12.1 Å². The molecule has 1 rings (SSSR count). The van der Waals surface area contributed by atoms with Crippen molar-refractivity contribution in [3.8, 4) is 0 Å². The summed E-state index contributed by atoms with van der Waals surface area (Å²) in [5.41, 5.74) is 2.27. The molecular formula is C12H15NNiO. The number of aldehydes is 1. The molecule has 1 heterocycles. The van der Waals surface area contributed by atoms with Crippen LogP contribution in [0.4, 0.5) is 0 Å². The van der Waals surface area contributed by atoms with E-state index >= 15 is 0 Å². The minimum absolute atomic E-state index is 0.253. The zero-order valence-corrected chi connectivity index (χ0v) is 10.2. The van der Waals surface area contributed by atoms with Crippen molar-refractivity contribution in [2.24, 2.45) is 5.92 Å². The van der Waals surface area contributed by atoms with Gasteiger partial charge in [0.2, 0.25) is 0 Å². The quantitative estimate of drug-likeness (QED) is 0.603. The predicted octanol–water partition coefficient (Wildman–Crippen LogP) is 2.18. The summed E-state index contributed by atoms with van der Waals surface area (Å²) in [7, 11) is 0. The van der Waals surface area contributed by atoms with Crippen molar-refractivity contribution >= 4 is 10.8 Å². The van der Waals surface area contributed by atoms with Crippen LogP contribution in [-0.2, 0) is 21.5 Å². The van der Waals surface area contributed by atoms with Crippen LogP contribution in [-0.4, -0.2) is 15.8 Å². The van der Waals surface area contributed by atoms with Gasteiger partial charge in [-0.05, 0) is 0 Å². The van der Waals surface area contributed by atoms with E-state index in [1.165, 1.54) is 0 Å². The van der Waals surface area contributed by atoms with Crippen LogP contribution in [0.25, 0.3) is 0 Å². The van der Waals surface area contributed by atoms with E-state index in [9.17, 15) is 4.79 Å². The summed E-state index contributed by atoms with van der Waals surface area (Å²) >= 11 is 4.96. The van der Waals surface area contributed by atoms with Crippen molar-refractivity contribution in [1.82, 2.24) is 4.98 Å². The van der Waals surface area contributed by atoms with E-state index in [4.69, 9.17) is 15.0 Å². The molecular weight excluding hydrogens is 233 g/mol. The molecule has 0 amide bonds. The molecule has 0 unspecified atom stereocenters. The number of nitrogens with zero attached hydrogens (tertiary/aromatic N) is 1. The van der Waals surface area contributed by atoms with Gasteiger partial charge in [-0.2, -0.15) is 0 Å². The molecule has 0 N–H and O–H groups in total. The van der Waals surface area contributed by atoms with Crippen molar-refractivity contribution in [3.05, 3.63) is 29.1 Å². The number of carbonyl (C=O) groups is 1. The Kier molecular flexibility index (Phi) is 4.34. The molecule has 0 aliphatic heterocycles. The van der Waals surface area contributed by atoms with Gasteiger partial charge in [-0.1, -0.05) is 0 Å². The molecule has 1 aromatic heterocycles. The number of carbonyl (C=O) groups excluding carboxylic acids is 1. The molecule has 0 aliphatic carbocycles. The van der Waals surface area contributed by atoms with Gasteiger partial charge in [0.25, 0.3) is 0 Å². The molecule has 1 aromatic rings. The van der Waals surface area contributed by atoms with Gasteiger partial charge in [0.05, 0.1) is 0 Å². The standard InChI is InChI=1S/C12H15NO.Ni/c1-4-11-6-5-10(8-14)12(13-11)7-9(2)3;/h5-6,8-9H,4H2,1-3H3;. The average molecular weight is 248 g/mol. The fourth-order valence-electron chi connectivity index (χ4n) is 1.25. The number of aromatic nitrogens is 1. The Bertz CT molecular complexity index is 385. The van der Waals surface area contributed by atoms with Gasteiger partial charge in [0.15, 0.2) is 0 Å². The molecule has 3 heteroatoms.